The van der Waals surface area contributed by atoms with Crippen molar-refractivity contribution in [2.24, 2.45) is 0 Å². The van der Waals surface area contributed by atoms with Crippen molar-refractivity contribution in [3.63, 3.8) is 0 Å². The highest BCUT2D eigenvalue weighted by Gasteiger charge is 2.25. The van der Waals surface area contributed by atoms with Crippen molar-refractivity contribution in [3.8, 4) is 0 Å². The summed E-state index contributed by atoms with van der Waals surface area (Å²) in [5, 5.41) is 4.62. The quantitative estimate of drug-likeness (QED) is 0.838. The fourth-order valence-corrected chi connectivity index (χ4v) is 4.00. The molecular formula is C15H30N2OS. The van der Waals surface area contributed by atoms with Crippen LogP contribution in [0, 0.1) is 0 Å². The normalized spacial score (nSPS) is 33.8. The van der Waals surface area contributed by atoms with E-state index < -0.39 is 0 Å². The fraction of sp³-hybridized carbons (Fsp3) is 1.00. The Morgan fingerprint density at radius 3 is 2.95 bits per heavy atom. The molecule has 1 saturated carbocycles. The summed E-state index contributed by atoms with van der Waals surface area (Å²) < 4.78 is 5.89. The predicted molar refractivity (Wildman–Crippen MR) is 84.0 cm³/mol. The van der Waals surface area contributed by atoms with Gasteiger partial charge in [-0.3, -0.25) is 4.90 Å². The van der Waals surface area contributed by atoms with E-state index in [0.717, 1.165) is 31.5 Å². The molecule has 0 aromatic heterocycles. The summed E-state index contributed by atoms with van der Waals surface area (Å²) >= 11 is 2.04. The lowest BCUT2D eigenvalue weighted by Gasteiger charge is -2.37. The van der Waals surface area contributed by atoms with Gasteiger partial charge in [-0.1, -0.05) is 6.42 Å². The predicted octanol–water partition coefficient (Wildman–Crippen LogP) is 2.36. The molecule has 112 valence electrons. The molecular weight excluding hydrogens is 256 g/mol. The molecule has 1 heterocycles. The van der Waals surface area contributed by atoms with Crippen LogP contribution in [0.1, 0.15) is 39.5 Å². The van der Waals surface area contributed by atoms with Gasteiger partial charge in [-0.25, -0.2) is 0 Å². The molecule has 1 N–H and O–H groups in total. The standard InChI is InChI=1S/C15H30N2OS/c1-12(2)17-7-8-18-14(11-17)10-16-13-5-4-6-15(9-13)19-3/h12-16H,4-11H2,1-3H3. The van der Waals surface area contributed by atoms with Crippen molar-refractivity contribution in [2.75, 3.05) is 32.5 Å². The highest BCUT2D eigenvalue weighted by molar-refractivity contribution is 7.99. The van der Waals surface area contributed by atoms with E-state index in [0.29, 0.717) is 18.2 Å². The highest BCUT2D eigenvalue weighted by atomic mass is 32.2. The van der Waals surface area contributed by atoms with E-state index in [2.05, 4.69) is 30.3 Å². The average molecular weight is 286 g/mol. The van der Waals surface area contributed by atoms with Crippen LogP contribution in [0.3, 0.4) is 0 Å². The lowest BCUT2D eigenvalue weighted by atomic mass is 9.95. The van der Waals surface area contributed by atoms with E-state index in [1.54, 1.807) is 0 Å². The molecule has 0 radical (unpaired) electrons. The van der Waals surface area contributed by atoms with Crippen LogP contribution in [-0.2, 0) is 4.74 Å². The summed E-state index contributed by atoms with van der Waals surface area (Å²) in [6.07, 6.45) is 8.09. The molecule has 1 aliphatic heterocycles. The largest absolute Gasteiger partial charge is 0.374 e. The Balaban J connectivity index is 1.69. The molecule has 3 unspecified atom stereocenters. The molecule has 1 saturated heterocycles. The third kappa shape index (κ3) is 4.92. The van der Waals surface area contributed by atoms with Gasteiger partial charge in [0.1, 0.15) is 0 Å². The van der Waals surface area contributed by atoms with E-state index in [1.165, 1.54) is 25.7 Å². The van der Waals surface area contributed by atoms with Crippen molar-refractivity contribution in [1.29, 1.82) is 0 Å². The summed E-state index contributed by atoms with van der Waals surface area (Å²) in [5.74, 6) is 0. The smallest absolute Gasteiger partial charge is 0.0826 e. The van der Waals surface area contributed by atoms with Gasteiger partial charge in [0.05, 0.1) is 12.7 Å². The Kier molecular flexibility index (Phi) is 6.46. The molecule has 2 fully saturated rings. The molecule has 4 heteroatoms. The van der Waals surface area contributed by atoms with Gasteiger partial charge in [0, 0.05) is 37.0 Å². The van der Waals surface area contributed by atoms with Gasteiger partial charge >= 0.3 is 0 Å². The van der Waals surface area contributed by atoms with E-state index >= 15 is 0 Å². The van der Waals surface area contributed by atoms with Crippen LogP contribution in [-0.4, -0.2) is 60.8 Å². The lowest BCUT2D eigenvalue weighted by Crippen LogP contribution is -2.50. The summed E-state index contributed by atoms with van der Waals surface area (Å²) in [6.45, 7) is 8.65. The first-order chi connectivity index (χ1) is 9.19. The second kappa shape index (κ2) is 7.87. The SMILES string of the molecule is CSC1CCCC(NCC2CN(C(C)C)CCO2)C1. The van der Waals surface area contributed by atoms with Crippen molar-refractivity contribution >= 4 is 11.8 Å². The zero-order chi connectivity index (χ0) is 13.7. The first-order valence-electron chi connectivity index (χ1n) is 7.81. The Labute approximate surface area is 122 Å². The first kappa shape index (κ1) is 15.6. The molecule has 3 nitrogen and oxygen atoms in total. The van der Waals surface area contributed by atoms with E-state index in [-0.39, 0.29) is 0 Å². The number of hydrogen-bond donors (Lipinski definition) is 1. The van der Waals surface area contributed by atoms with E-state index in [9.17, 15) is 0 Å². The van der Waals surface area contributed by atoms with Gasteiger partial charge in [-0.05, 0) is 39.4 Å². The Morgan fingerprint density at radius 1 is 1.37 bits per heavy atom. The third-order valence-corrected chi connectivity index (χ3v) is 5.59. The lowest BCUT2D eigenvalue weighted by molar-refractivity contribution is -0.0384. The van der Waals surface area contributed by atoms with Crippen molar-refractivity contribution in [1.82, 2.24) is 10.2 Å². The minimum atomic E-state index is 0.380. The average Bonchev–Trinajstić information content (AvgIpc) is 2.45. The number of nitrogens with zero attached hydrogens (tertiary/aromatic N) is 1. The van der Waals surface area contributed by atoms with Gasteiger partial charge in [-0.2, -0.15) is 11.8 Å². The van der Waals surface area contributed by atoms with Crippen LogP contribution in [0.25, 0.3) is 0 Å². The van der Waals surface area contributed by atoms with Gasteiger partial charge in [0.15, 0.2) is 0 Å². The zero-order valence-corrected chi connectivity index (χ0v) is 13.5. The van der Waals surface area contributed by atoms with Crippen molar-refractivity contribution < 1.29 is 4.74 Å². The minimum Gasteiger partial charge on any atom is -0.374 e. The van der Waals surface area contributed by atoms with Gasteiger partial charge in [-0.15, -0.1) is 0 Å². The van der Waals surface area contributed by atoms with Crippen molar-refractivity contribution in [2.45, 2.75) is 63.0 Å². The second-order valence-electron chi connectivity index (χ2n) is 6.21. The third-order valence-electron chi connectivity index (χ3n) is 4.49. The molecule has 0 aromatic carbocycles. The van der Waals surface area contributed by atoms with Gasteiger partial charge in [0.25, 0.3) is 0 Å². The number of ether oxygens (including phenoxy) is 1. The van der Waals surface area contributed by atoms with E-state index in [4.69, 9.17) is 4.74 Å². The summed E-state index contributed by atoms with van der Waals surface area (Å²) in [4.78, 5) is 2.53. The monoisotopic (exact) mass is 286 g/mol. The summed E-state index contributed by atoms with van der Waals surface area (Å²) in [5.41, 5.74) is 0. The topological polar surface area (TPSA) is 24.5 Å². The molecule has 1 aliphatic carbocycles. The molecule has 2 aliphatic rings. The molecule has 0 aromatic rings. The number of hydrogen-bond acceptors (Lipinski definition) is 4. The van der Waals surface area contributed by atoms with Crippen LogP contribution in [0.4, 0.5) is 0 Å². The van der Waals surface area contributed by atoms with Crippen LogP contribution < -0.4 is 5.32 Å². The molecule has 19 heavy (non-hydrogen) atoms. The zero-order valence-electron chi connectivity index (χ0n) is 12.7. The van der Waals surface area contributed by atoms with Gasteiger partial charge < -0.3 is 10.1 Å². The second-order valence-corrected chi connectivity index (χ2v) is 7.35. The summed E-state index contributed by atoms with van der Waals surface area (Å²) in [7, 11) is 0. The van der Waals surface area contributed by atoms with Crippen LogP contribution in [0.2, 0.25) is 0 Å². The molecule has 0 spiro atoms. The molecule has 3 atom stereocenters. The maximum Gasteiger partial charge on any atom is 0.0826 e. The van der Waals surface area contributed by atoms with Crippen LogP contribution >= 0.6 is 11.8 Å². The van der Waals surface area contributed by atoms with Crippen LogP contribution in [0.5, 0.6) is 0 Å². The molecule has 2 rings (SSSR count). The van der Waals surface area contributed by atoms with Crippen molar-refractivity contribution in [3.05, 3.63) is 0 Å². The fourth-order valence-electron chi connectivity index (χ4n) is 3.18. The number of thioether (sulfide) groups is 1. The Hall–Kier alpha value is 0.230. The van der Waals surface area contributed by atoms with Crippen LogP contribution in [0.15, 0.2) is 0 Å². The number of morpholine rings is 1. The Morgan fingerprint density at radius 2 is 2.21 bits per heavy atom. The number of rotatable bonds is 5. The van der Waals surface area contributed by atoms with E-state index in [1.807, 2.05) is 11.8 Å². The molecule has 0 amide bonds. The maximum atomic E-state index is 5.89. The summed E-state index contributed by atoms with van der Waals surface area (Å²) in [6, 6.07) is 1.35. The van der Waals surface area contributed by atoms with Gasteiger partial charge in [0.2, 0.25) is 0 Å². The maximum absolute atomic E-state index is 5.89. The first-order valence-corrected chi connectivity index (χ1v) is 9.09. The Bertz CT molecular complexity index is 263. The number of nitrogens with one attached hydrogen (secondary N) is 1. The highest BCUT2D eigenvalue weighted by Crippen LogP contribution is 2.26. The molecule has 0 bridgehead atoms. The minimum absolute atomic E-state index is 0.380.